The highest BCUT2D eigenvalue weighted by Crippen LogP contribution is 2.45. The number of H-pyrrole nitrogens is 1. The van der Waals surface area contributed by atoms with Gasteiger partial charge in [-0.25, -0.2) is 9.97 Å². The standard InChI is InChI=1S/C14H19N3/c1-14(2)8-4-3-6-10(14)12-16-11-7-5-9-15-13(11)17-12/h5,7,9-10H,3-4,6,8H2,1-2H3,(H,15,16,17). The van der Waals surface area contributed by atoms with Crippen LogP contribution >= 0.6 is 0 Å². The summed E-state index contributed by atoms with van der Waals surface area (Å²) in [5.41, 5.74) is 2.26. The number of nitrogens with one attached hydrogen (secondary N) is 1. The number of hydrogen-bond acceptors (Lipinski definition) is 2. The van der Waals surface area contributed by atoms with Crippen LogP contribution in [0.4, 0.5) is 0 Å². The molecule has 0 aromatic carbocycles. The second kappa shape index (κ2) is 3.83. The fourth-order valence-corrected chi connectivity index (χ4v) is 3.03. The number of fused-ring (bicyclic) bond motifs is 1. The lowest BCUT2D eigenvalue weighted by atomic mass is 9.68. The predicted molar refractivity (Wildman–Crippen MR) is 68.9 cm³/mol. The van der Waals surface area contributed by atoms with Crippen LogP contribution in [0.2, 0.25) is 0 Å². The van der Waals surface area contributed by atoms with Gasteiger partial charge in [0.25, 0.3) is 0 Å². The van der Waals surface area contributed by atoms with E-state index in [0.717, 1.165) is 17.0 Å². The van der Waals surface area contributed by atoms with Gasteiger partial charge >= 0.3 is 0 Å². The minimum Gasteiger partial charge on any atom is -0.340 e. The lowest BCUT2D eigenvalue weighted by Gasteiger charge is -2.37. The van der Waals surface area contributed by atoms with E-state index in [2.05, 4.69) is 34.9 Å². The van der Waals surface area contributed by atoms with Crippen LogP contribution in [0.1, 0.15) is 51.3 Å². The van der Waals surface area contributed by atoms with E-state index in [-0.39, 0.29) is 0 Å². The van der Waals surface area contributed by atoms with Crippen LogP contribution in [-0.2, 0) is 0 Å². The van der Waals surface area contributed by atoms with Crippen LogP contribution in [0.15, 0.2) is 18.3 Å². The van der Waals surface area contributed by atoms with Gasteiger partial charge in [-0.1, -0.05) is 26.7 Å². The summed E-state index contributed by atoms with van der Waals surface area (Å²) in [7, 11) is 0. The van der Waals surface area contributed by atoms with E-state index < -0.39 is 0 Å². The Bertz CT molecular complexity index is 494. The largest absolute Gasteiger partial charge is 0.340 e. The van der Waals surface area contributed by atoms with Gasteiger partial charge in [0.2, 0.25) is 0 Å². The van der Waals surface area contributed by atoms with Crippen LogP contribution in [-0.4, -0.2) is 15.0 Å². The van der Waals surface area contributed by atoms with E-state index in [4.69, 9.17) is 0 Å². The number of imidazole rings is 1. The lowest BCUT2D eigenvalue weighted by molar-refractivity contribution is 0.193. The summed E-state index contributed by atoms with van der Waals surface area (Å²) < 4.78 is 0. The molecular formula is C14H19N3. The quantitative estimate of drug-likeness (QED) is 0.811. The molecule has 1 atom stereocenters. The Labute approximate surface area is 102 Å². The van der Waals surface area contributed by atoms with Crippen LogP contribution in [0.25, 0.3) is 11.2 Å². The molecule has 0 saturated heterocycles. The lowest BCUT2D eigenvalue weighted by Crippen LogP contribution is -2.26. The number of pyridine rings is 1. The fourth-order valence-electron chi connectivity index (χ4n) is 3.03. The molecule has 0 radical (unpaired) electrons. The van der Waals surface area contributed by atoms with Gasteiger partial charge in [0, 0.05) is 12.1 Å². The fraction of sp³-hybridized carbons (Fsp3) is 0.571. The van der Waals surface area contributed by atoms with E-state index in [1.54, 1.807) is 6.20 Å². The molecule has 0 aliphatic heterocycles. The second-order valence-electron chi connectivity index (χ2n) is 5.78. The van der Waals surface area contributed by atoms with Gasteiger partial charge in [0.15, 0.2) is 5.65 Å². The molecule has 1 saturated carbocycles. The predicted octanol–water partition coefficient (Wildman–Crippen LogP) is 3.64. The smallest absolute Gasteiger partial charge is 0.177 e. The zero-order chi connectivity index (χ0) is 11.9. The Morgan fingerprint density at radius 3 is 3.00 bits per heavy atom. The summed E-state index contributed by atoms with van der Waals surface area (Å²) in [6.07, 6.45) is 7.01. The molecule has 0 spiro atoms. The van der Waals surface area contributed by atoms with Crippen molar-refractivity contribution in [1.82, 2.24) is 15.0 Å². The van der Waals surface area contributed by atoms with Crippen molar-refractivity contribution in [3.8, 4) is 0 Å². The van der Waals surface area contributed by atoms with Crippen molar-refractivity contribution in [3.63, 3.8) is 0 Å². The molecule has 3 nitrogen and oxygen atoms in total. The SMILES string of the molecule is CC1(C)CCCCC1c1nc2ncccc2[nH]1. The van der Waals surface area contributed by atoms with E-state index in [0.29, 0.717) is 11.3 Å². The van der Waals surface area contributed by atoms with Crippen LogP contribution < -0.4 is 0 Å². The van der Waals surface area contributed by atoms with Gasteiger partial charge in [0.05, 0.1) is 5.52 Å². The zero-order valence-electron chi connectivity index (χ0n) is 10.5. The van der Waals surface area contributed by atoms with Gasteiger partial charge in [-0.2, -0.15) is 0 Å². The summed E-state index contributed by atoms with van der Waals surface area (Å²) in [4.78, 5) is 12.4. The first-order valence-electron chi connectivity index (χ1n) is 6.47. The highest BCUT2D eigenvalue weighted by Gasteiger charge is 2.35. The number of rotatable bonds is 1. The van der Waals surface area contributed by atoms with Gasteiger partial charge in [0.1, 0.15) is 5.82 Å². The summed E-state index contributed by atoms with van der Waals surface area (Å²) in [6, 6.07) is 4.00. The molecule has 1 fully saturated rings. The first kappa shape index (κ1) is 10.8. The molecule has 2 aromatic heterocycles. The molecule has 2 aromatic rings. The Hall–Kier alpha value is -1.38. The summed E-state index contributed by atoms with van der Waals surface area (Å²) in [6.45, 7) is 4.72. The molecule has 1 unspecified atom stereocenters. The van der Waals surface area contributed by atoms with Crippen molar-refractivity contribution in [2.45, 2.75) is 45.4 Å². The third-order valence-corrected chi connectivity index (χ3v) is 4.11. The molecule has 3 heteroatoms. The molecule has 1 aliphatic carbocycles. The molecular weight excluding hydrogens is 210 g/mol. The zero-order valence-corrected chi connectivity index (χ0v) is 10.5. The van der Waals surface area contributed by atoms with Crippen molar-refractivity contribution in [3.05, 3.63) is 24.2 Å². The molecule has 3 rings (SSSR count). The topological polar surface area (TPSA) is 41.6 Å². The van der Waals surface area contributed by atoms with Crippen LogP contribution in [0, 0.1) is 5.41 Å². The monoisotopic (exact) mass is 229 g/mol. The van der Waals surface area contributed by atoms with E-state index in [1.165, 1.54) is 25.7 Å². The average molecular weight is 229 g/mol. The number of hydrogen-bond donors (Lipinski definition) is 1. The highest BCUT2D eigenvalue weighted by molar-refractivity contribution is 5.70. The Morgan fingerprint density at radius 2 is 2.24 bits per heavy atom. The minimum atomic E-state index is 0.353. The van der Waals surface area contributed by atoms with Crippen molar-refractivity contribution in [2.75, 3.05) is 0 Å². The third-order valence-electron chi connectivity index (χ3n) is 4.11. The molecule has 17 heavy (non-hydrogen) atoms. The maximum atomic E-state index is 4.67. The molecule has 0 bridgehead atoms. The van der Waals surface area contributed by atoms with Crippen LogP contribution in [0.5, 0.6) is 0 Å². The Morgan fingerprint density at radius 1 is 1.35 bits per heavy atom. The molecule has 1 aliphatic rings. The number of aromatic nitrogens is 3. The summed E-state index contributed by atoms with van der Waals surface area (Å²) in [5, 5.41) is 0. The molecule has 90 valence electrons. The Balaban J connectivity index is 2.02. The molecule has 2 heterocycles. The third kappa shape index (κ3) is 1.84. The van der Waals surface area contributed by atoms with Crippen LogP contribution in [0.3, 0.4) is 0 Å². The maximum Gasteiger partial charge on any atom is 0.177 e. The molecule has 0 amide bonds. The van der Waals surface area contributed by atoms with E-state index >= 15 is 0 Å². The first-order chi connectivity index (χ1) is 8.17. The highest BCUT2D eigenvalue weighted by atomic mass is 15.0. The summed E-state index contributed by atoms with van der Waals surface area (Å²) in [5.74, 6) is 1.67. The molecule has 1 N–H and O–H groups in total. The second-order valence-corrected chi connectivity index (χ2v) is 5.78. The minimum absolute atomic E-state index is 0.353. The van der Waals surface area contributed by atoms with Gasteiger partial charge in [-0.3, -0.25) is 0 Å². The van der Waals surface area contributed by atoms with Gasteiger partial charge in [-0.15, -0.1) is 0 Å². The van der Waals surface area contributed by atoms with Crippen molar-refractivity contribution in [2.24, 2.45) is 5.41 Å². The average Bonchev–Trinajstić information content (AvgIpc) is 2.71. The Kier molecular flexibility index (Phi) is 2.42. The van der Waals surface area contributed by atoms with Crippen molar-refractivity contribution < 1.29 is 0 Å². The number of nitrogens with zero attached hydrogens (tertiary/aromatic N) is 2. The van der Waals surface area contributed by atoms with Gasteiger partial charge in [-0.05, 0) is 30.4 Å². The van der Waals surface area contributed by atoms with Crippen molar-refractivity contribution in [1.29, 1.82) is 0 Å². The normalized spacial score (nSPS) is 24.0. The first-order valence-corrected chi connectivity index (χ1v) is 6.47. The number of aromatic amines is 1. The van der Waals surface area contributed by atoms with Gasteiger partial charge < -0.3 is 4.98 Å². The van der Waals surface area contributed by atoms with E-state index in [9.17, 15) is 0 Å². The van der Waals surface area contributed by atoms with E-state index in [1.807, 2.05) is 6.07 Å². The van der Waals surface area contributed by atoms with Crippen molar-refractivity contribution >= 4 is 11.2 Å². The summed E-state index contributed by atoms with van der Waals surface area (Å²) >= 11 is 0. The maximum absolute atomic E-state index is 4.67.